The predicted octanol–water partition coefficient (Wildman–Crippen LogP) is 2.41. The molecule has 4 nitrogen and oxygen atoms in total. The molecule has 1 heterocycles. The smallest absolute Gasteiger partial charge is 0.323 e. The summed E-state index contributed by atoms with van der Waals surface area (Å²) in [5.41, 5.74) is 1.11. The van der Waals surface area contributed by atoms with Crippen LogP contribution < -0.4 is 5.32 Å². The molecule has 19 heavy (non-hydrogen) atoms. The lowest BCUT2D eigenvalue weighted by Crippen LogP contribution is -2.39. The second-order valence-corrected chi connectivity index (χ2v) is 5.23. The number of rotatable bonds is 6. The number of likely N-dealkylation sites (N-methyl/N-ethyl adjacent to an activating group) is 1. The van der Waals surface area contributed by atoms with Crippen molar-refractivity contribution in [3.05, 3.63) is 30.3 Å². The molecule has 1 atom stereocenters. The van der Waals surface area contributed by atoms with Crippen molar-refractivity contribution in [1.29, 1.82) is 0 Å². The average molecular weight is 278 g/mol. The summed E-state index contributed by atoms with van der Waals surface area (Å²) in [4.78, 5) is 14.9. The number of fused-ring (bicyclic) bond motifs is 1. The third-order valence-corrected chi connectivity index (χ3v) is 3.88. The van der Waals surface area contributed by atoms with Gasteiger partial charge >= 0.3 is 5.97 Å². The molecule has 1 aromatic heterocycles. The van der Waals surface area contributed by atoms with Gasteiger partial charge in [-0.05, 0) is 18.7 Å². The first kappa shape index (κ1) is 14.0. The van der Waals surface area contributed by atoms with E-state index in [4.69, 9.17) is 4.74 Å². The molecule has 0 aliphatic rings. The molecule has 2 N–H and O–H groups in total. The summed E-state index contributed by atoms with van der Waals surface area (Å²) in [5, 5.41) is 5.37. The maximum absolute atomic E-state index is 11.6. The number of thioether (sulfide) groups is 1. The van der Waals surface area contributed by atoms with Gasteiger partial charge in [-0.15, -0.1) is 11.8 Å². The molecule has 0 aliphatic carbocycles. The second kappa shape index (κ2) is 6.63. The summed E-state index contributed by atoms with van der Waals surface area (Å²) in [6.45, 7) is 2.72. The Morgan fingerprint density at radius 3 is 2.95 bits per heavy atom. The van der Waals surface area contributed by atoms with Crippen molar-refractivity contribution < 1.29 is 9.53 Å². The van der Waals surface area contributed by atoms with E-state index in [0.29, 0.717) is 5.75 Å². The van der Waals surface area contributed by atoms with Crippen molar-refractivity contribution in [1.82, 2.24) is 10.3 Å². The molecule has 102 valence electrons. The van der Waals surface area contributed by atoms with Crippen LogP contribution in [0.25, 0.3) is 10.9 Å². The van der Waals surface area contributed by atoms with Crippen LogP contribution in [0.15, 0.2) is 35.4 Å². The largest absolute Gasteiger partial charge is 0.468 e. The van der Waals surface area contributed by atoms with Gasteiger partial charge in [0.1, 0.15) is 6.04 Å². The molecule has 0 bridgehead atoms. The van der Waals surface area contributed by atoms with Crippen LogP contribution >= 0.6 is 11.8 Å². The fourth-order valence-electron chi connectivity index (χ4n) is 1.90. The Morgan fingerprint density at radius 2 is 2.26 bits per heavy atom. The highest BCUT2D eigenvalue weighted by molar-refractivity contribution is 7.99. The number of ether oxygens (including phenoxy) is 1. The lowest BCUT2D eigenvalue weighted by molar-refractivity contribution is -0.142. The van der Waals surface area contributed by atoms with Gasteiger partial charge in [0, 0.05) is 16.7 Å². The SMILES string of the molecule is CCNC(CSc1cc2ccccc2[nH]1)C(=O)OC. The van der Waals surface area contributed by atoms with Gasteiger partial charge < -0.3 is 15.0 Å². The third kappa shape index (κ3) is 3.52. The van der Waals surface area contributed by atoms with Gasteiger partial charge in [-0.2, -0.15) is 0 Å². The predicted molar refractivity (Wildman–Crippen MR) is 78.5 cm³/mol. The number of H-pyrrole nitrogens is 1. The average Bonchev–Trinajstić information content (AvgIpc) is 2.85. The van der Waals surface area contributed by atoms with Crippen molar-refractivity contribution in [2.75, 3.05) is 19.4 Å². The Kier molecular flexibility index (Phi) is 4.87. The standard InChI is InChI=1S/C14H18N2O2S/c1-3-15-12(14(17)18-2)9-19-13-8-10-6-4-5-7-11(10)16-13/h4-8,12,15-16H,3,9H2,1-2H3. The van der Waals surface area contributed by atoms with E-state index in [0.717, 1.165) is 17.1 Å². The fourth-order valence-corrected chi connectivity index (χ4v) is 2.89. The first-order valence-electron chi connectivity index (χ1n) is 6.26. The number of methoxy groups -OCH3 is 1. The van der Waals surface area contributed by atoms with E-state index in [9.17, 15) is 4.79 Å². The van der Waals surface area contributed by atoms with Gasteiger partial charge in [-0.3, -0.25) is 4.79 Å². The zero-order valence-corrected chi connectivity index (χ0v) is 11.9. The van der Waals surface area contributed by atoms with E-state index in [-0.39, 0.29) is 12.0 Å². The molecule has 2 rings (SSSR count). The monoisotopic (exact) mass is 278 g/mol. The number of aromatic amines is 1. The highest BCUT2D eigenvalue weighted by Crippen LogP contribution is 2.23. The van der Waals surface area contributed by atoms with E-state index in [2.05, 4.69) is 22.4 Å². The Bertz CT molecular complexity index is 520. The van der Waals surface area contributed by atoms with Crippen LogP contribution in [0.1, 0.15) is 6.92 Å². The maximum atomic E-state index is 11.6. The lowest BCUT2D eigenvalue weighted by Gasteiger charge is -2.14. The van der Waals surface area contributed by atoms with E-state index in [1.54, 1.807) is 11.8 Å². The molecule has 1 aromatic carbocycles. The number of hydrogen-bond donors (Lipinski definition) is 2. The zero-order valence-electron chi connectivity index (χ0n) is 11.1. The number of esters is 1. The number of hydrogen-bond acceptors (Lipinski definition) is 4. The van der Waals surface area contributed by atoms with Crippen LogP contribution in [0, 0.1) is 0 Å². The number of carbonyl (C=O) groups excluding carboxylic acids is 1. The first-order chi connectivity index (χ1) is 9.24. The summed E-state index contributed by atoms with van der Waals surface area (Å²) < 4.78 is 4.79. The minimum Gasteiger partial charge on any atom is -0.468 e. The molecule has 0 saturated carbocycles. The molecule has 0 radical (unpaired) electrons. The van der Waals surface area contributed by atoms with E-state index < -0.39 is 0 Å². The summed E-state index contributed by atoms with van der Waals surface area (Å²) in [6.07, 6.45) is 0. The minimum atomic E-state index is -0.272. The second-order valence-electron chi connectivity index (χ2n) is 4.17. The number of nitrogens with one attached hydrogen (secondary N) is 2. The molecule has 0 spiro atoms. The molecule has 2 aromatic rings. The van der Waals surface area contributed by atoms with Crippen LogP contribution in [0.3, 0.4) is 0 Å². The molecule has 0 amide bonds. The normalized spacial score (nSPS) is 12.5. The van der Waals surface area contributed by atoms with Crippen LogP contribution in [0.5, 0.6) is 0 Å². The molecular weight excluding hydrogens is 260 g/mol. The molecule has 0 fully saturated rings. The van der Waals surface area contributed by atoms with Crippen LogP contribution in [0.4, 0.5) is 0 Å². The summed E-state index contributed by atoms with van der Waals surface area (Å²) in [7, 11) is 1.42. The number of aromatic nitrogens is 1. The topological polar surface area (TPSA) is 54.1 Å². The van der Waals surface area contributed by atoms with Crippen LogP contribution in [0.2, 0.25) is 0 Å². The summed E-state index contributed by atoms with van der Waals surface area (Å²) >= 11 is 1.62. The van der Waals surface area contributed by atoms with E-state index >= 15 is 0 Å². The molecule has 0 aliphatic heterocycles. The molecule has 1 unspecified atom stereocenters. The van der Waals surface area contributed by atoms with Gasteiger partial charge in [-0.25, -0.2) is 0 Å². The highest BCUT2D eigenvalue weighted by Gasteiger charge is 2.18. The molecule has 0 saturated heterocycles. The highest BCUT2D eigenvalue weighted by atomic mass is 32.2. The maximum Gasteiger partial charge on any atom is 0.323 e. The van der Waals surface area contributed by atoms with Crippen molar-refractivity contribution in [3.63, 3.8) is 0 Å². The minimum absolute atomic E-state index is 0.217. The van der Waals surface area contributed by atoms with Crippen LogP contribution in [-0.4, -0.2) is 36.4 Å². The van der Waals surface area contributed by atoms with Gasteiger partial charge in [0.15, 0.2) is 0 Å². The Balaban J connectivity index is 2.01. The first-order valence-corrected chi connectivity index (χ1v) is 7.25. The lowest BCUT2D eigenvalue weighted by atomic mass is 10.3. The van der Waals surface area contributed by atoms with E-state index in [1.807, 2.05) is 25.1 Å². The fraction of sp³-hybridized carbons (Fsp3) is 0.357. The van der Waals surface area contributed by atoms with Crippen molar-refractivity contribution in [2.45, 2.75) is 18.0 Å². The van der Waals surface area contributed by atoms with Gasteiger partial charge in [0.2, 0.25) is 0 Å². The Labute approximate surface area is 116 Å². The molecule has 5 heteroatoms. The number of carbonyl (C=O) groups is 1. The van der Waals surface area contributed by atoms with Crippen molar-refractivity contribution in [2.24, 2.45) is 0 Å². The number of para-hydroxylation sites is 1. The Hall–Kier alpha value is -1.46. The molecular formula is C14H18N2O2S. The van der Waals surface area contributed by atoms with Gasteiger partial charge in [-0.1, -0.05) is 25.1 Å². The van der Waals surface area contributed by atoms with E-state index in [1.165, 1.54) is 12.5 Å². The quantitative estimate of drug-likeness (QED) is 0.629. The third-order valence-electron chi connectivity index (χ3n) is 2.85. The van der Waals surface area contributed by atoms with Gasteiger partial charge in [0.25, 0.3) is 0 Å². The number of benzene rings is 1. The summed E-state index contributed by atoms with van der Waals surface area (Å²) in [6, 6.07) is 9.95. The summed E-state index contributed by atoms with van der Waals surface area (Å²) in [5.74, 6) is 0.429. The van der Waals surface area contributed by atoms with Crippen LogP contribution in [-0.2, 0) is 9.53 Å². The van der Waals surface area contributed by atoms with Gasteiger partial charge in [0.05, 0.1) is 12.1 Å². The zero-order chi connectivity index (χ0) is 13.7. The van der Waals surface area contributed by atoms with Crippen molar-refractivity contribution in [3.8, 4) is 0 Å². The Morgan fingerprint density at radius 1 is 1.47 bits per heavy atom. The van der Waals surface area contributed by atoms with Crippen molar-refractivity contribution >= 4 is 28.6 Å².